The first kappa shape index (κ1) is 21.4. The maximum atomic E-state index is 12.8. The van der Waals surface area contributed by atoms with E-state index in [4.69, 9.17) is 4.74 Å². The fourth-order valence-electron chi connectivity index (χ4n) is 4.12. The molecule has 1 saturated heterocycles. The summed E-state index contributed by atoms with van der Waals surface area (Å²) in [6.07, 6.45) is 3.34. The third-order valence-corrected chi connectivity index (χ3v) is 5.93. The molecule has 0 unspecified atom stereocenters. The van der Waals surface area contributed by atoms with Gasteiger partial charge in [-0.05, 0) is 69.5 Å². The molecule has 164 valence electrons. The van der Waals surface area contributed by atoms with E-state index in [1.807, 2.05) is 29.9 Å². The van der Waals surface area contributed by atoms with Crippen LogP contribution in [0, 0.1) is 0 Å². The maximum absolute atomic E-state index is 12.8. The van der Waals surface area contributed by atoms with Crippen molar-refractivity contribution in [3.8, 4) is 5.88 Å². The molecular weight excluding hydrogens is 388 g/mol. The number of amides is 1. The van der Waals surface area contributed by atoms with E-state index < -0.39 is 5.60 Å². The Balaban J connectivity index is 1.44. The van der Waals surface area contributed by atoms with Crippen LogP contribution in [0.2, 0.25) is 0 Å². The minimum atomic E-state index is -1.02. The molecule has 2 aromatic carbocycles. The van der Waals surface area contributed by atoms with Crippen LogP contribution < -0.4 is 10.1 Å². The summed E-state index contributed by atoms with van der Waals surface area (Å²) in [7, 11) is 1.91. The van der Waals surface area contributed by atoms with E-state index in [0.717, 1.165) is 37.0 Å². The molecule has 1 amide bonds. The van der Waals surface area contributed by atoms with Crippen molar-refractivity contribution in [2.45, 2.75) is 45.3 Å². The van der Waals surface area contributed by atoms with Crippen molar-refractivity contribution in [1.29, 1.82) is 0 Å². The minimum Gasteiger partial charge on any atom is -0.460 e. The molecule has 1 aliphatic heterocycles. The van der Waals surface area contributed by atoms with Crippen LogP contribution in [0.15, 0.2) is 48.5 Å². The Morgan fingerprint density at radius 1 is 1.10 bits per heavy atom. The van der Waals surface area contributed by atoms with Gasteiger partial charge in [0, 0.05) is 20.1 Å². The van der Waals surface area contributed by atoms with Crippen molar-refractivity contribution in [1.82, 2.24) is 20.0 Å². The van der Waals surface area contributed by atoms with Crippen LogP contribution in [-0.4, -0.2) is 45.8 Å². The molecule has 1 N–H and O–H groups in total. The van der Waals surface area contributed by atoms with Gasteiger partial charge in [-0.25, -0.2) is 0 Å². The van der Waals surface area contributed by atoms with Gasteiger partial charge in [-0.15, -0.1) is 5.10 Å². The summed E-state index contributed by atoms with van der Waals surface area (Å²) in [5, 5.41) is 8.51. The van der Waals surface area contributed by atoms with E-state index in [-0.39, 0.29) is 5.91 Å². The van der Waals surface area contributed by atoms with Crippen LogP contribution >= 0.6 is 0 Å². The molecule has 0 saturated carbocycles. The number of likely N-dealkylation sites (tertiary alicyclic amines) is 1. The third kappa shape index (κ3) is 5.07. The molecule has 0 aliphatic carbocycles. The molecule has 0 spiro atoms. The molecule has 0 radical (unpaired) electrons. The minimum absolute atomic E-state index is 0.143. The van der Waals surface area contributed by atoms with Crippen LogP contribution in [0.1, 0.15) is 37.8 Å². The second-order valence-electron chi connectivity index (χ2n) is 8.87. The first-order chi connectivity index (χ1) is 14.9. The molecule has 0 bridgehead atoms. The summed E-state index contributed by atoms with van der Waals surface area (Å²) in [5.41, 5.74) is 2.42. The lowest BCUT2D eigenvalue weighted by Gasteiger charge is -2.24. The first-order valence-corrected chi connectivity index (χ1v) is 11.1. The third-order valence-electron chi connectivity index (χ3n) is 5.93. The quantitative estimate of drug-likeness (QED) is 0.604. The van der Waals surface area contributed by atoms with Crippen LogP contribution in [0.25, 0.3) is 10.9 Å². The molecule has 1 aliphatic rings. The molecule has 0 atom stereocenters. The highest BCUT2D eigenvalue weighted by Gasteiger charge is 2.31. The van der Waals surface area contributed by atoms with Crippen LogP contribution in [0.5, 0.6) is 5.88 Å². The highest BCUT2D eigenvalue weighted by molar-refractivity contribution is 5.88. The first-order valence-electron chi connectivity index (χ1n) is 11.1. The van der Waals surface area contributed by atoms with Crippen molar-refractivity contribution in [3.63, 3.8) is 0 Å². The largest absolute Gasteiger partial charge is 0.460 e. The van der Waals surface area contributed by atoms with Crippen molar-refractivity contribution in [2.24, 2.45) is 7.05 Å². The Morgan fingerprint density at radius 2 is 1.84 bits per heavy atom. The SMILES string of the molecule is Cn1nc(OC(C)(C)C(=O)NCCc2ccccc2)c2cc(CN3CCCC3)ccc21. The molecule has 1 fully saturated rings. The Labute approximate surface area is 184 Å². The number of nitrogens with one attached hydrogen (secondary N) is 1. The van der Waals surface area contributed by atoms with Gasteiger partial charge >= 0.3 is 0 Å². The van der Waals surface area contributed by atoms with Gasteiger partial charge < -0.3 is 10.1 Å². The monoisotopic (exact) mass is 420 g/mol. The second kappa shape index (κ2) is 9.10. The van der Waals surface area contributed by atoms with Gasteiger partial charge in [0.25, 0.3) is 5.91 Å². The maximum Gasteiger partial charge on any atom is 0.263 e. The number of ether oxygens (including phenoxy) is 1. The van der Waals surface area contributed by atoms with Crippen molar-refractivity contribution >= 4 is 16.8 Å². The number of carbonyl (C=O) groups excluding carboxylic acids is 1. The summed E-state index contributed by atoms with van der Waals surface area (Å²) in [5.74, 6) is 0.361. The van der Waals surface area contributed by atoms with E-state index >= 15 is 0 Å². The summed E-state index contributed by atoms with van der Waals surface area (Å²) in [6, 6.07) is 16.5. The fourth-order valence-corrected chi connectivity index (χ4v) is 4.12. The lowest BCUT2D eigenvalue weighted by molar-refractivity contribution is -0.134. The summed E-state index contributed by atoms with van der Waals surface area (Å²) < 4.78 is 7.98. The Morgan fingerprint density at radius 3 is 2.58 bits per heavy atom. The van der Waals surface area contributed by atoms with Gasteiger partial charge in [-0.1, -0.05) is 36.4 Å². The van der Waals surface area contributed by atoms with E-state index in [9.17, 15) is 4.79 Å². The molecule has 31 heavy (non-hydrogen) atoms. The summed E-state index contributed by atoms with van der Waals surface area (Å²) in [4.78, 5) is 15.3. The highest BCUT2D eigenvalue weighted by Crippen LogP contribution is 2.29. The molecule has 2 heterocycles. The van der Waals surface area contributed by atoms with Crippen molar-refractivity contribution in [3.05, 3.63) is 59.7 Å². The van der Waals surface area contributed by atoms with E-state index in [1.165, 1.54) is 24.0 Å². The Kier molecular flexibility index (Phi) is 6.28. The Hall–Kier alpha value is -2.86. The van der Waals surface area contributed by atoms with E-state index in [2.05, 4.69) is 45.6 Å². The number of fused-ring (bicyclic) bond motifs is 1. The molecule has 3 aromatic rings. The molecule has 1 aromatic heterocycles. The zero-order chi connectivity index (χ0) is 21.8. The number of carbonyl (C=O) groups is 1. The Bertz CT molecular complexity index is 1040. The number of nitrogens with zero attached hydrogens (tertiary/aromatic N) is 3. The van der Waals surface area contributed by atoms with Crippen molar-refractivity contribution < 1.29 is 9.53 Å². The van der Waals surface area contributed by atoms with Gasteiger partial charge in [-0.3, -0.25) is 14.4 Å². The fraction of sp³-hybridized carbons (Fsp3) is 0.440. The predicted molar refractivity (Wildman–Crippen MR) is 123 cm³/mol. The van der Waals surface area contributed by atoms with Gasteiger partial charge in [-0.2, -0.15) is 0 Å². The van der Waals surface area contributed by atoms with Crippen LogP contribution in [0.3, 0.4) is 0 Å². The normalized spacial score (nSPS) is 14.8. The van der Waals surface area contributed by atoms with Crippen LogP contribution in [0.4, 0.5) is 0 Å². The molecule has 6 nitrogen and oxygen atoms in total. The standard InChI is InChI=1S/C25H32N4O2/c1-25(2,24(30)26-14-13-19-9-5-4-6-10-19)31-23-21-17-20(18-29-15-7-8-16-29)11-12-22(21)28(3)27-23/h4-6,9-12,17H,7-8,13-16,18H2,1-3H3,(H,26,30). The number of rotatable bonds is 8. The van der Waals surface area contributed by atoms with Crippen molar-refractivity contribution in [2.75, 3.05) is 19.6 Å². The summed E-state index contributed by atoms with van der Waals surface area (Å²) in [6.45, 7) is 7.40. The topological polar surface area (TPSA) is 59.4 Å². The summed E-state index contributed by atoms with van der Waals surface area (Å²) >= 11 is 0. The zero-order valence-electron chi connectivity index (χ0n) is 18.7. The molecule has 4 rings (SSSR count). The lowest BCUT2D eigenvalue weighted by Crippen LogP contribution is -2.47. The number of hydrogen-bond donors (Lipinski definition) is 1. The zero-order valence-corrected chi connectivity index (χ0v) is 18.7. The molecule has 6 heteroatoms. The van der Waals surface area contributed by atoms with Gasteiger partial charge in [0.1, 0.15) is 0 Å². The average Bonchev–Trinajstić information content (AvgIpc) is 3.36. The number of aryl methyl sites for hydroxylation is 1. The van der Waals surface area contributed by atoms with E-state index in [1.54, 1.807) is 13.8 Å². The number of benzene rings is 2. The average molecular weight is 421 g/mol. The highest BCUT2D eigenvalue weighted by atomic mass is 16.5. The van der Waals surface area contributed by atoms with Gasteiger partial charge in [0.15, 0.2) is 5.60 Å². The van der Waals surface area contributed by atoms with Crippen LogP contribution in [-0.2, 0) is 24.8 Å². The smallest absolute Gasteiger partial charge is 0.263 e. The van der Waals surface area contributed by atoms with E-state index in [0.29, 0.717) is 12.4 Å². The molecular formula is C25H32N4O2. The number of aromatic nitrogens is 2. The number of hydrogen-bond acceptors (Lipinski definition) is 4. The second-order valence-corrected chi connectivity index (χ2v) is 8.87. The van der Waals surface area contributed by atoms with Gasteiger partial charge in [0.2, 0.25) is 5.88 Å². The van der Waals surface area contributed by atoms with Gasteiger partial charge in [0.05, 0.1) is 10.9 Å². The predicted octanol–water partition coefficient (Wildman–Crippen LogP) is 3.69. The lowest BCUT2D eigenvalue weighted by atomic mass is 10.1.